The lowest BCUT2D eigenvalue weighted by atomic mass is 10.1. The van der Waals surface area contributed by atoms with E-state index in [1.54, 1.807) is 6.07 Å². The van der Waals surface area contributed by atoms with Gasteiger partial charge in [0, 0.05) is 20.6 Å². The Labute approximate surface area is 121 Å². The molecule has 0 N–H and O–H groups in total. The van der Waals surface area contributed by atoms with Crippen molar-refractivity contribution in [1.82, 2.24) is 9.21 Å². The molecule has 6 heteroatoms. The molecule has 0 saturated heterocycles. The summed E-state index contributed by atoms with van der Waals surface area (Å²) in [5.41, 5.74) is 0. The number of hydrogen-bond donors (Lipinski definition) is 0. The maximum atomic E-state index is 11.9. The molecule has 0 bridgehead atoms. The molecule has 1 aromatic heterocycles. The first kappa shape index (κ1) is 15.5. The minimum atomic E-state index is -3.47. The van der Waals surface area contributed by atoms with Crippen molar-refractivity contribution in [1.29, 1.82) is 0 Å². The Morgan fingerprint density at radius 1 is 1.20 bits per heavy atom. The van der Waals surface area contributed by atoms with E-state index in [1.807, 2.05) is 0 Å². The van der Waals surface area contributed by atoms with Gasteiger partial charge in [0.1, 0.15) is 5.76 Å². The van der Waals surface area contributed by atoms with Crippen molar-refractivity contribution in [3.05, 3.63) is 17.9 Å². The van der Waals surface area contributed by atoms with Gasteiger partial charge in [-0.25, -0.2) is 12.7 Å². The summed E-state index contributed by atoms with van der Waals surface area (Å²) in [5, 5.41) is 0.0202. The molecule has 0 spiro atoms. The molecule has 1 aliphatic carbocycles. The summed E-state index contributed by atoms with van der Waals surface area (Å²) in [6, 6.07) is 3.29. The molecule has 1 aromatic rings. The smallest absolute Gasteiger partial charge is 0.275 e. The molecule has 1 fully saturated rings. The average molecular weight is 300 g/mol. The second-order valence-corrected chi connectivity index (χ2v) is 7.94. The number of hydrogen-bond acceptors (Lipinski definition) is 4. The fourth-order valence-corrected chi connectivity index (χ4v) is 3.54. The van der Waals surface area contributed by atoms with Crippen LogP contribution in [0.4, 0.5) is 0 Å². The van der Waals surface area contributed by atoms with E-state index in [9.17, 15) is 8.42 Å². The van der Waals surface area contributed by atoms with Crippen LogP contribution in [0, 0.1) is 5.92 Å². The average Bonchev–Trinajstić information content (AvgIpc) is 3.00. The highest BCUT2D eigenvalue weighted by Crippen LogP contribution is 2.26. The molecular weight excluding hydrogens is 276 g/mol. The molecular formula is C14H24N2O3S. The standard InChI is InChI=1S/C14H24N2O3S/c1-15(2)20(17,18)14-9-8-13(19-14)11-16(3)10-12-6-4-5-7-12/h8-9,12H,4-7,10-11H2,1-3H3. The zero-order chi connectivity index (χ0) is 14.8. The monoisotopic (exact) mass is 300 g/mol. The quantitative estimate of drug-likeness (QED) is 0.808. The van der Waals surface area contributed by atoms with Crippen LogP contribution in [0.25, 0.3) is 0 Å². The van der Waals surface area contributed by atoms with Gasteiger partial charge in [-0.15, -0.1) is 0 Å². The molecule has 2 rings (SSSR count). The normalized spacial score (nSPS) is 17.4. The van der Waals surface area contributed by atoms with Gasteiger partial charge in [-0.05, 0) is 37.9 Å². The van der Waals surface area contributed by atoms with E-state index in [0.29, 0.717) is 12.3 Å². The highest BCUT2D eigenvalue weighted by molar-refractivity contribution is 7.88. The second-order valence-electron chi connectivity index (χ2n) is 5.86. The van der Waals surface area contributed by atoms with Crippen molar-refractivity contribution in [3.8, 4) is 0 Å². The first-order valence-electron chi connectivity index (χ1n) is 7.09. The van der Waals surface area contributed by atoms with Crippen molar-refractivity contribution in [2.45, 2.75) is 37.3 Å². The van der Waals surface area contributed by atoms with Crippen LogP contribution >= 0.6 is 0 Å². The van der Waals surface area contributed by atoms with Crippen LogP contribution in [0.1, 0.15) is 31.4 Å². The molecule has 5 nitrogen and oxygen atoms in total. The van der Waals surface area contributed by atoms with E-state index >= 15 is 0 Å². The summed E-state index contributed by atoms with van der Waals surface area (Å²) in [5.74, 6) is 1.48. The van der Waals surface area contributed by atoms with Gasteiger partial charge in [0.2, 0.25) is 5.09 Å². The minimum Gasteiger partial charge on any atom is -0.447 e. The Balaban J connectivity index is 1.95. The largest absolute Gasteiger partial charge is 0.447 e. The zero-order valence-corrected chi connectivity index (χ0v) is 13.3. The maximum absolute atomic E-state index is 11.9. The Morgan fingerprint density at radius 2 is 1.85 bits per heavy atom. The Bertz CT molecular complexity index is 530. The fraction of sp³-hybridized carbons (Fsp3) is 0.714. The molecule has 1 saturated carbocycles. The van der Waals surface area contributed by atoms with Crippen molar-refractivity contribution in [3.63, 3.8) is 0 Å². The van der Waals surface area contributed by atoms with Gasteiger partial charge in [0.15, 0.2) is 0 Å². The van der Waals surface area contributed by atoms with Crippen LogP contribution in [-0.2, 0) is 16.6 Å². The third-order valence-corrected chi connectivity index (χ3v) is 5.53. The SMILES string of the molecule is CN(Cc1ccc(S(=O)(=O)N(C)C)o1)CC1CCCC1. The lowest BCUT2D eigenvalue weighted by Crippen LogP contribution is -2.24. The fourth-order valence-electron chi connectivity index (χ4n) is 2.73. The van der Waals surface area contributed by atoms with Crippen molar-refractivity contribution in [2.75, 3.05) is 27.7 Å². The van der Waals surface area contributed by atoms with Crippen molar-refractivity contribution in [2.24, 2.45) is 5.92 Å². The van der Waals surface area contributed by atoms with Crippen LogP contribution < -0.4 is 0 Å². The Kier molecular flexibility index (Phi) is 4.88. The molecule has 1 heterocycles. The second kappa shape index (κ2) is 6.28. The third-order valence-electron chi connectivity index (χ3n) is 3.84. The van der Waals surface area contributed by atoms with Gasteiger partial charge in [0.05, 0.1) is 6.54 Å². The van der Waals surface area contributed by atoms with Crippen molar-refractivity contribution >= 4 is 10.0 Å². The molecule has 0 atom stereocenters. The lowest BCUT2D eigenvalue weighted by Gasteiger charge is -2.19. The van der Waals surface area contributed by atoms with E-state index in [2.05, 4.69) is 11.9 Å². The van der Waals surface area contributed by atoms with Gasteiger partial charge >= 0.3 is 0 Å². The van der Waals surface area contributed by atoms with E-state index in [0.717, 1.165) is 16.8 Å². The van der Waals surface area contributed by atoms with Crippen LogP contribution in [0.15, 0.2) is 21.6 Å². The first-order valence-corrected chi connectivity index (χ1v) is 8.53. The highest BCUT2D eigenvalue weighted by Gasteiger charge is 2.22. The zero-order valence-electron chi connectivity index (χ0n) is 12.5. The van der Waals surface area contributed by atoms with E-state index < -0.39 is 10.0 Å². The topological polar surface area (TPSA) is 53.8 Å². The molecule has 20 heavy (non-hydrogen) atoms. The van der Waals surface area contributed by atoms with E-state index in [1.165, 1.54) is 45.8 Å². The van der Waals surface area contributed by atoms with Crippen LogP contribution in [-0.4, -0.2) is 45.3 Å². The van der Waals surface area contributed by atoms with Gasteiger partial charge in [0.25, 0.3) is 10.0 Å². The molecule has 0 aromatic carbocycles. The minimum absolute atomic E-state index is 0.0202. The number of sulfonamides is 1. The molecule has 0 aliphatic heterocycles. The summed E-state index contributed by atoms with van der Waals surface area (Å²) in [7, 11) is 1.60. The Morgan fingerprint density at radius 3 is 2.45 bits per heavy atom. The van der Waals surface area contributed by atoms with E-state index in [-0.39, 0.29) is 5.09 Å². The molecule has 0 amide bonds. The van der Waals surface area contributed by atoms with Gasteiger partial charge in [-0.2, -0.15) is 0 Å². The molecule has 114 valence electrons. The number of nitrogens with zero attached hydrogens (tertiary/aromatic N) is 2. The summed E-state index contributed by atoms with van der Waals surface area (Å²) >= 11 is 0. The van der Waals surface area contributed by atoms with Crippen molar-refractivity contribution < 1.29 is 12.8 Å². The van der Waals surface area contributed by atoms with Gasteiger partial charge in [-0.3, -0.25) is 4.90 Å². The lowest BCUT2D eigenvalue weighted by molar-refractivity contribution is 0.243. The van der Waals surface area contributed by atoms with Crippen LogP contribution in [0.2, 0.25) is 0 Å². The molecule has 0 radical (unpaired) electrons. The van der Waals surface area contributed by atoms with Crippen LogP contribution in [0.5, 0.6) is 0 Å². The summed E-state index contributed by atoms with van der Waals surface area (Å²) in [4.78, 5) is 2.21. The number of furan rings is 1. The summed E-state index contributed by atoms with van der Waals surface area (Å²) in [6.07, 6.45) is 5.29. The van der Waals surface area contributed by atoms with Crippen LogP contribution in [0.3, 0.4) is 0 Å². The number of rotatable bonds is 6. The Hall–Kier alpha value is -0.850. The predicted molar refractivity (Wildman–Crippen MR) is 77.9 cm³/mol. The highest BCUT2D eigenvalue weighted by atomic mass is 32.2. The van der Waals surface area contributed by atoms with E-state index in [4.69, 9.17) is 4.42 Å². The first-order chi connectivity index (χ1) is 9.39. The third kappa shape index (κ3) is 3.62. The molecule has 1 aliphatic rings. The maximum Gasteiger partial charge on any atom is 0.275 e. The predicted octanol–water partition coefficient (Wildman–Crippen LogP) is 2.15. The summed E-state index contributed by atoms with van der Waals surface area (Å²) in [6.45, 7) is 1.70. The van der Waals surface area contributed by atoms with Gasteiger partial charge < -0.3 is 4.42 Å². The summed E-state index contributed by atoms with van der Waals surface area (Å²) < 4.78 is 30.5. The molecule has 0 unspecified atom stereocenters. The van der Waals surface area contributed by atoms with Gasteiger partial charge in [-0.1, -0.05) is 12.8 Å².